The van der Waals surface area contributed by atoms with E-state index in [4.69, 9.17) is 5.73 Å². The van der Waals surface area contributed by atoms with Gasteiger partial charge in [-0.05, 0) is 19.4 Å². The summed E-state index contributed by atoms with van der Waals surface area (Å²) in [4.78, 5) is 5.73. The van der Waals surface area contributed by atoms with E-state index in [1.165, 1.54) is 5.56 Å². The highest BCUT2D eigenvalue weighted by molar-refractivity contribution is 7.12. The maximum Gasteiger partial charge on any atom is 0.0905 e. The number of nitrogens with zero attached hydrogens (tertiary/aromatic N) is 3. The number of aromatic nitrogens is 3. The standard InChI is InChI=1S/C16H18N4S/c1-11(17)16-15(19-12(2)21-16)14-8-18-20(10-14)9-13-6-4-3-5-7-13/h3-8,10-11H,9,17H2,1-2H3. The van der Waals surface area contributed by atoms with Gasteiger partial charge in [-0.25, -0.2) is 4.98 Å². The van der Waals surface area contributed by atoms with Gasteiger partial charge in [-0.2, -0.15) is 5.10 Å². The molecule has 1 atom stereocenters. The average Bonchev–Trinajstić information content (AvgIpc) is 3.06. The predicted octanol–water partition coefficient (Wildman–Crippen LogP) is 3.38. The SMILES string of the molecule is Cc1nc(-c2cnn(Cc3ccccc3)c2)c(C(C)N)s1. The summed E-state index contributed by atoms with van der Waals surface area (Å²) in [7, 11) is 0. The van der Waals surface area contributed by atoms with Crippen LogP contribution in [0.15, 0.2) is 42.7 Å². The lowest BCUT2D eigenvalue weighted by atomic mass is 10.1. The van der Waals surface area contributed by atoms with Gasteiger partial charge in [0.2, 0.25) is 0 Å². The van der Waals surface area contributed by atoms with E-state index in [1.54, 1.807) is 11.3 Å². The van der Waals surface area contributed by atoms with Crippen LogP contribution in [0, 0.1) is 6.92 Å². The van der Waals surface area contributed by atoms with E-state index in [-0.39, 0.29) is 6.04 Å². The van der Waals surface area contributed by atoms with Gasteiger partial charge in [0, 0.05) is 22.7 Å². The predicted molar refractivity (Wildman–Crippen MR) is 86.2 cm³/mol. The Morgan fingerprint density at radius 1 is 1.29 bits per heavy atom. The second-order valence-electron chi connectivity index (χ2n) is 5.15. The molecule has 0 radical (unpaired) electrons. The van der Waals surface area contributed by atoms with E-state index in [9.17, 15) is 0 Å². The molecule has 4 nitrogen and oxygen atoms in total. The van der Waals surface area contributed by atoms with Gasteiger partial charge in [-0.3, -0.25) is 4.68 Å². The van der Waals surface area contributed by atoms with Gasteiger partial charge < -0.3 is 5.73 Å². The summed E-state index contributed by atoms with van der Waals surface area (Å²) in [6.45, 7) is 4.76. The third kappa shape index (κ3) is 3.04. The zero-order valence-electron chi connectivity index (χ0n) is 12.2. The summed E-state index contributed by atoms with van der Waals surface area (Å²) in [6, 6.07) is 10.3. The summed E-state index contributed by atoms with van der Waals surface area (Å²) in [5.74, 6) is 0. The fourth-order valence-electron chi connectivity index (χ4n) is 2.30. The summed E-state index contributed by atoms with van der Waals surface area (Å²) in [5.41, 5.74) is 9.26. The van der Waals surface area contributed by atoms with Gasteiger partial charge >= 0.3 is 0 Å². The third-order valence-electron chi connectivity index (χ3n) is 3.27. The largest absolute Gasteiger partial charge is 0.323 e. The maximum atomic E-state index is 6.04. The van der Waals surface area contributed by atoms with Gasteiger partial charge in [0.25, 0.3) is 0 Å². The summed E-state index contributed by atoms with van der Waals surface area (Å²) < 4.78 is 1.93. The zero-order chi connectivity index (χ0) is 14.8. The van der Waals surface area contributed by atoms with E-state index >= 15 is 0 Å². The van der Waals surface area contributed by atoms with Crippen LogP contribution in [0.5, 0.6) is 0 Å². The van der Waals surface area contributed by atoms with Crippen molar-refractivity contribution in [2.75, 3.05) is 0 Å². The Hall–Kier alpha value is -1.98. The minimum atomic E-state index is -0.0105. The Balaban J connectivity index is 1.88. The molecule has 0 fully saturated rings. The fourth-order valence-corrected chi connectivity index (χ4v) is 3.20. The van der Waals surface area contributed by atoms with Crippen molar-refractivity contribution >= 4 is 11.3 Å². The summed E-state index contributed by atoms with van der Waals surface area (Å²) in [6.07, 6.45) is 3.90. The highest BCUT2D eigenvalue weighted by Crippen LogP contribution is 2.31. The smallest absolute Gasteiger partial charge is 0.0905 e. The molecule has 2 heterocycles. The highest BCUT2D eigenvalue weighted by Gasteiger charge is 2.15. The van der Waals surface area contributed by atoms with Crippen molar-refractivity contribution in [1.82, 2.24) is 14.8 Å². The zero-order valence-corrected chi connectivity index (χ0v) is 13.0. The van der Waals surface area contributed by atoms with Crippen molar-refractivity contribution in [2.45, 2.75) is 26.4 Å². The first-order valence-electron chi connectivity index (χ1n) is 6.93. The number of benzene rings is 1. The lowest BCUT2D eigenvalue weighted by Gasteiger charge is -2.03. The first kappa shape index (κ1) is 14.0. The quantitative estimate of drug-likeness (QED) is 0.803. The van der Waals surface area contributed by atoms with Crippen molar-refractivity contribution < 1.29 is 0 Å². The van der Waals surface area contributed by atoms with Gasteiger partial charge in [-0.1, -0.05) is 30.3 Å². The maximum absolute atomic E-state index is 6.04. The number of aryl methyl sites for hydroxylation is 1. The molecular formula is C16H18N4S. The topological polar surface area (TPSA) is 56.7 Å². The van der Waals surface area contributed by atoms with Crippen LogP contribution in [-0.4, -0.2) is 14.8 Å². The van der Waals surface area contributed by atoms with Crippen molar-refractivity contribution in [3.05, 3.63) is 58.2 Å². The normalized spacial score (nSPS) is 12.5. The van der Waals surface area contributed by atoms with Crippen LogP contribution >= 0.6 is 11.3 Å². The molecule has 0 spiro atoms. The number of nitrogens with two attached hydrogens (primary N) is 1. The summed E-state index contributed by atoms with van der Waals surface area (Å²) >= 11 is 1.66. The van der Waals surface area contributed by atoms with Gasteiger partial charge in [0.1, 0.15) is 0 Å². The van der Waals surface area contributed by atoms with E-state index in [1.807, 2.05) is 49.1 Å². The molecule has 0 aliphatic heterocycles. The Kier molecular flexibility index (Phi) is 3.86. The number of rotatable bonds is 4. The number of hydrogen-bond acceptors (Lipinski definition) is 4. The minimum absolute atomic E-state index is 0.0105. The van der Waals surface area contributed by atoms with Crippen LogP contribution in [0.25, 0.3) is 11.3 Å². The molecule has 2 aromatic heterocycles. The van der Waals surface area contributed by atoms with Crippen LogP contribution in [0.4, 0.5) is 0 Å². The highest BCUT2D eigenvalue weighted by atomic mass is 32.1. The first-order chi connectivity index (χ1) is 10.1. The molecule has 1 aromatic carbocycles. The van der Waals surface area contributed by atoms with E-state index in [0.717, 1.165) is 27.7 Å². The van der Waals surface area contributed by atoms with Crippen LogP contribution in [0.1, 0.15) is 28.4 Å². The Bertz CT molecular complexity index is 728. The van der Waals surface area contributed by atoms with Crippen molar-refractivity contribution in [1.29, 1.82) is 0 Å². The molecule has 2 N–H and O–H groups in total. The Morgan fingerprint density at radius 3 is 2.76 bits per heavy atom. The minimum Gasteiger partial charge on any atom is -0.323 e. The van der Waals surface area contributed by atoms with E-state index < -0.39 is 0 Å². The van der Waals surface area contributed by atoms with E-state index in [2.05, 4.69) is 22.2 Å². The van der Waals surface area contributed by atoms with Crippen molar-refractivity contribution in [2.24, 2.45) is 5.73 Å². The molecular weight excluding hydrogens is 280 g/mol. The van der Waals surface area contributed by atoms with Crippen LogP contribution in [0.2, 0.25) is 0 Å². The van der Waals surface area contributed by atoms with Gasteiger partial charge in [-0.15, -0.1) is 11.3 Å². The Labute approximate surface area is 128 Å². The molecule has 1 unspecified atom stereocenters. The molecule has 21 heavy (non-hydrogen) atoms. The second kappa shape index (κ2) is 5.79. The molecule has 108 valence electrons. The molecule has 0 bridgehead atoms. The van der Waals surface area contributed by atoms with Crippen LogP contribution in [0.3, 0.4) is 0 Å². The first-order valence-corrected chi connectivity index (χ1v) is 7.75. The molecule has 0 amide bonds. The molecule has 3 aromatic rings. The van der Waals surface area contributed by atoms with Crippen LogP contribution < -0.4 is 5.73 Å². The van der Waals surface area contributed by atoms with E-state index in [0.29, 0.717) is 0 Å². The monoisotopic (exact) mass is 298 g/mol. The molecule has 0 saturated heterocycles. The average molecular weight is 298 g/mol. The van der Waals surface area contributed by atoms with Crippen molar-refractivity contribution in [3.8, 4) is 11.3 Å². The summed E-state index contributed by atoms with van der Waals surface area (Å²) in [5, 5.41) is 5.47. The van der Waals surface area contributed by atoms with Crippen LogP contribution in [-0.2, 0) is 6.54 Å². The number of hydrogen-bond donors (Lipinski definition) is 1. The molecule has 0 aliphatic rings. The molecule has 3 rings (SSSR count). The van der Waals surface area contributed by atoms with Gasteiger partial charge in [0.05, 0.1) is 23.4 Å². The lowest BCUT2D eigenvalue weighted by molar-refractivity contribution is 0.687. The number of thiazole rings is 1. The fraction of sp³-hybridized carbons (Fsp3) is 0.250. The molecule has 5 heteroatoms. The molecule has 0 saturated carbocycles. The molecule has 0 aliphatic carbocycles. The van der Waals surface area contributed by atoms with Crippen molar-refractivity contribution in [3.63, 3.8) is 0 Å². The second-order valence-corrected chi connectivity index (χ2v) is 6.38. The Morgan fingerprint density at radius 2 is 2.05 bits per heavy atom. The third-order valence-corrected chi connectivity index (χ3v) is 4.44. The lowest BCUT2D eigenvalue weighted by Crippen LogP contribution is -2.04. The van der Waals surface area contributed by atoms with Gasteiger partial charge in [0.15, 0.2) is 0 Å².